The smallest absolute Gasteiger partial charge is 0.310 e. The maximum Gasteiger partial charge on any atom is 0.310 e. The molecule has 0 amide bonds. The number of H-pyrrole nitrogens is 1. The lowest BCUT2D eigenvalue weighted by Crippen LogP contribution is -2.21. The first kappa shape index (κ1) is 32.8. The lowest BCUT2D eigenvalue weighted by molar-refractivity contribution is -0.359. The average Bonchev–Trinajstić information content (AvgIpc) is 3.73. The zero-order valence-electron chi connectivity index (χ0n) is 29.7. The summed E-state index contributed by atoms with van der Waals surface area (Å²) in [4.78, 5) is 14.4. The van der Waals surface area contributed by atoms with Gasteiger partial charge in [0.25, 0.3) is 11.6 Å². The van der Waals surface area contributed by atoms with Gasteiger partial charge in [0.2, 0.25) is 0 Å². The Morgan fingerprint density at radius 1 is 0.647 bits per heavy atom. The average molecular weight is 684 g/mol. The van der Waals surface area contributed by atoms with Gasteiger partial charge < -0.3 is 4.57 Å². The molecule has 0 radical (unpaired) electrons. The van der Waals surface area contributed by atoms with E-state index in [1.807, 2.05) is 17.4 Å². The van der Waals surface area contributed by atoms with Gasteiger partial charge in [-0.05, 0) is 61.1 Å². The summed E-state index contributed by atoms with van der Waals surface area (Å²) in [7, 11) is 0. The van der Waals surface area contributed by atoms with Gasteiger partial charge >= 0.3 is 5.82 Å². The van der Waals surface area contributed by atoms with Crippen LogP contribution in [0.1, 0.15) is 46.6 Å². The van der Waals surface area contributed by atoms with Crippen LogP contribution in [-0.2, 0) is 0 Å². The Labute approximate surface area is 303 Å². The summed E-state index contributed by atoms with van der Waals surface area (Å²) in [6, 6.07) is 41.2. The third kappa shape index (κ3) is 5.96. The molecule has 252 valence electrons. The van der Waals surface area contributed by atoms with Crippen molar-refractivity contribution in [2.75, 3.05) is 0 Å². The number of para-hydroxylation sites is 2. The molecule has 3 aromatic heterocycles. The van der Waals surface area contributed by atoms with Crippen LogP contribution in [0.5, 0.6) is 0 Å². The number of nitrogens with zero attached hydrogens (tertiary/aromatic N) is 3. The predicted octanol–water partition coefficient (Wildman–Crippen LogP) is 12.5. The third-order valence-electron chi connectivity index (χ3n) is 10.3. The molecule has 0 fully saturated rings. The van der Waals surface area contributed by atoms with Crippen molar-refractivity contribution in [2.45, 2.75) is 46.6 Å². The van der Waals surface area contributed by atoms with Gasteiger partial charge in [0, 0.05) is 36.5 Å². The molecule has 8 rings (SSSR count). The molecule has 0 saturated carbocycles. The minimum Gasteiger partial charge on any atom is -0.332 e. The summed E-state index contributed by atoms with van der Waals surface area (Å²) in [5.41, 5.74) is 5.54. The van der Waals surface area contributed by atoms with Crippen molar-refractivity contribution in [2.24, 2.45) is 11.8 Å². The Bertz CT molecular complexity index is 2560. The van der Waals surface area contributed by atoms with Gasteiger partial charge in [-0.2, -0.15) is 0 Å². The molecule has 0 saturated heterocycles. The molecular weight excluding hydrogens is 641 g/mol. The molecule has 0 aliphatic heterocycles. The summed E-state index contributed by atoms with van der Waals surface area (Å²) < 4.78 is 5.05. The zero-order valence-corrected chi connectivity index (χ0v) is 30.5. The molecule has 5 heteroatoms. The van der Waals surface area contributed by atoms with Crippen LogP contribution in [0.4, 0.5) is 0 Å². The number of rotatable bonds is 10. The Hall–Kier alpha value is -5.39. The highest BCUT2D eigenvalue weighted by Gasteiger charge is 2.29. The molecule has 0 spiro atoms. The van der Waals surface area contributed by atoms with E-state index in [9.17, 15) is 0 Å². The Morgan fingerprint density at radius 2 is 1.29 bits per heavy atom. The van der Waals surface area contributed by atoms with Gasteiger partial charge in [-0.15, -0.1) is 11.3 Å². The quantitative estimate of drug-likeness (QED) is 0.135. The van der Waals surface area contributed by atoms with Crippen molar-refractivity contribution in [3.63, 3.8) is 0 Å². The number of thiophene rings is 1. The van der Waals surface area contributed by atoms with Crippen LogP contribution in [0.2, 0.25) is 0 Å². The predicted molar refractivity (Wildman–Crippen MR) is 217 cm³/mol. The Kier molecular flexibility index (Phi) is 9.06. The summed E-state index contributed by atoms with van der Waals surface area (Å²) >= 11 is 1.81. The van der Waals surface area contributed by atoms with E-state index >= 15 is 0 Å². The molecule has 3 heterocycles. The lowest BCUT2D eigenvalue weighted by atomic mass is 9.87. The van der Waals surface area contributed by atoms with Gasteiger partial charge in [-0.3, -0.25) is 0 Å². The largest absolute Gasteiger partial charge is 0.332 e. The zero-order chi connectivity index (χ0) is 34.9. The topological polar surface area (TPSA) is 44.9 Å². The minimum absolute atomic E-state index is 0.132. The second-order valence-electron chi connectivity index (χ2n) is 13.5. The number of aromatic amines is 1. The van der Waals surface area contributed by atoms with E-state index in [0.29, 0.717) is 17.7 Å². The normalized spacial score (nSPS) is 14.0. The molecule has 3 atom stereocenters. The summed E-state index contributed by atoms with van der Waals surface area (Å²) in [5.74, 6) is 3.05. The summed E-state index contributed by atoms with van der Waals surface area (Å²) in [6.07, 6.45) is 11.5. The van der Waals surface area contributed by atoms with Crippen molar-refractivity contribution in [1.82, 2.24) is 14.5 Å². The number of allylic oxidation sites excluding steroid dienone is 4. The van der Waals surface area contributed by atoms with Crippen LogP contribution in [0.15, 0.2) is 140 Å². The maximum atomic E-state index is 5.42. The molecule has 0 aliphatic rings. The van der Waals surface area contributed by atoms with Crippen LogP contribution >= 0.6 is 11.3 Å². The van der Waals surface area contributed by atoms with Crippen LogP contribution in [0, 0.1) is 11.8 Å². The van der Waals surface area contributed by atoms with Crippen molar-refractivity contribution >= 4 is 53.3 Å². The Morgan fingerprint density at radius 3 is 2.10 bits per heavy atom. The lowest BCUT2D eigenvalue weighted by Gasteiger charge is -2.28. The van der Waals surface area contributed by atoms with E-state index in [1.54, 1.807) is 0 Å². The number of benzene rings is 5. The van der Waals surface area contributed by atoms with Crippen LogP contribution in [0.3, 0.4) is 0 Å². The van der Waals surface area contributed by atoms with E-state index in [4.69, 9.17) is 9.97 Å². The van der Waals surface area contributed by atoms with Gasteiger partial charge in [0.05, 0.1) is 28.2 Å². The molecule has 0 bridgehead atoms. The fraction of sp³-hybridized carbons (Fsp3) is 0.196. The molecule has 51 heavy (non-hydrogen) atoms. The van der Waals surface area contributed by atoms with E-state index in [2.05, 4.69) is 171 Å². The van der Waals surface area contributed by atoms with E-state index in [1.165, 1.54) is 42.0 Å². The fourth-order valence-electron chi connectivity index (χ4n) is 7.47. The Balaban J connectivity index is 1.42. The van der Waals surface area contributed by atoms with Crippen molar-refractivity contribution < 1.29 is 4.98 Å². The number of nitrogens with one attached hydrogen (secondary N) is 1. The SMILES string of the molecule is CC/C=C\C([C@@H](C)[C@H](C)/C=C\CC)n1c2ccccc2c2cccc(-c3nc(-c4cccc5c4sc4ccccc45)nc(-c4ccccc4)[nH+]3)c21. The summed E-state index contributed by atoms with van der Waals surface area (Å²) in [5, 5.41) is 4.98. The fourth-order valence-corrected chi connectivity index (χ4v) is 8.68. The number of hydrogen-bond donors (Lipinski definition) is 0. The maximum absolute atomic E-state index is 5.42. The first-order chi connectivity index (χ1) is 25.1. The van der Waals surface area contributed by atoms with E-state index in [-0.39, 0.29) is 6.04 Å². The van der Waals surface area contributed by atoms with E-state index in [0.717, 1.165) is 41.2 Å². The van der Waals surface area contributed by atoms with Crippen molar-refractivity contribution in [1.29, 1.82) is 0 Å². The highest BCUT2D eigenvalue weighted by molar-refractivity contribution is 7.26. The molecular formula is C46H43N4S+. The first-order valence-corrected chi connectivity index (χ1v) is 19.0. The molecule has 1 unspecified atom stereocenters. The van der Waals surface area contributed by atoms with Gasteiger partial charge in [-0.25, -0.2) is 4.98 Å². The highest BCUT2D eigenvalue weighted by Crippen LogP contribution is 2.42. The van der Waals surface area contributed by atoms with Crippen molar-refractivity contribution in [3.05, 3.63) is 140 Å². The van der Waals surface area contributed by atoms with Gasteiger partial charge in [-0.1, -0.05) is 141 Å². The molecule has 4 nitrogen and oxygen atoms in total. The first-order valence-electron chi connectivity index (χ1n) is 18.2. The van der Waals surface area contributed by atoms with Gasteiger partial charge in [0.15, 0.2) is 0 Å². The second kappa shape index (κ2) is 14.1. The van der Waals surface area contributed by atoms with Gasteiger partial charge in [0.1, 0.15) is 0 Å². The van der Waals surface area contributed by atoms with Crippen molar-refractivity contribution in [3.8, 4) is 34.2 Å². The standard InChI is InChI=1S/C46H42N4S/c1-5-7-18-30(3)31(4)39(27-8-6-2)50-40-28-14-12-21-33(40)35-23-16-25-37(42(35)50)45-47-44(32-19-10-9-11-20-32)48-46(49-45)38-26-17-24-36-34-22-13-15-29-41(34)51-43(36)38/h7-31,39H,5-6H2,1-4H3/p+1/b18-7-,27-8-/t30-,31+,39?/m1/s1. The molecule has 0 aliphatic carbocycles. The number of fused-ring (bicyclic) bond motifs is 6. The highest BCUT2D eigenvalue weighted by atomic mass is 32.1. The minimum atomic E-state index is 0.132. The van der Waals surface area contributed by atoms with Crippen LogP contribution in [0.25, 0.3) is 76.1 Å². The molecule has 8 aromatic rings. The molecule has 5 aromatic carbocycles. The summed E-state index contributed by atoms with van der Waals surface area (Å²) in [6.45, 7) is 9.17. The molecule has 1 N–H and O–H groups in total. The number of hydrogen-bond acceptors (Lipinski definition) is 3. The monoisotopic (exact) mass is 683 g/mol. The van der Waals surface area contributed by atoms with E-state index < -0.39 is 0 Å². The number of aromatic nitrogens is 4. The van der Waals surface area contributed by atoms with Crippen LogP contribution < -0.4 is 4.98 Å². The third-order valence-corrected chi connectivity index (χ3v) is 11.5. The second-order valence-corrected chi connectivity index (χ2v) is 14.5. The van der Waals surface area contributed by atoms with Crippen LogP contribution in [-0.4, -0.2) is 14.5 Å².